The molecule has 0 atom stereocenters. The molecule has 3 N–H and O–H groups in total. The highest BCUT2D eigenvalue weighted by molar-refractivity contribution is 6.10. The van der Waals surface area contributed by atoms with E-state index in [2.05, 4.69) is 20.5 Å². The Morgan fingerprint density at radius 2 is 1.83 bits per heavy atom. The number of nitrogens with zero attached hydrogens (tertiary/aromatic N) is 3. The van der Waals surface area contributed by atoms with Gasteiger partial charge in [0, 0.05) is 24.4 Å². The number of fused-ring (bicyclic) bond motifs is 2. The van der Waals surface area contributed by atoms with Gasteiger partial charge < -0.3 is 24.7 Å². The highest BCUT2D eigenvalue weighted by atomic mass is 16.5. The standard InChI is InChI=1S/C25H26N6O4/c1-6-31-20-11-18-17(10-16(20)25(2,3)24(31)33)27-22(28-18)21-19(12-26-30-21)29-23(32)13-7-14(34-4)9-15(8-13)35-5/h7-12H,6H2,1-5H3,(H,26,30)(H,27,28)(H,29,32). The number of benzene rings is 2. The van der Waals surface area contributed by atoms with Crippen LogP contribution in [0.3, 0.4) is 0 Å². The molecular formula is C25H26N6O4. The first-order chi connectivity index (χ1) is 16.8. The van der Waals surface area contributed by atoms with Gasteiger partial charge in [-0.2, -0.15) is 5.10 Å². The zero-order valence-electron chi connectivity index (χ0n) is 20.1. The van der Waals surface area contributed by atoms with Crippen molar-refractivity contribution in [1.82, 2.24) is 20.2 Å². The second-order valence-corrected chi connectivity index (χ2v) is 8.85. The smallest absolute Gasteiger partial charge is 0.256 e. The molecule has 3 heterocycles. The number of amides is 2. The second-order valence-electron chi connectivity index (χ2n) is 8.85. The molecule has 0 saturated carbocycles. The Hall–Kier alpha value is -4.34. The van der Waals surface area contributed by atoms with Crippen LogP contribution in [0.1, 0.15) is 36.7 Å². The maximum Gasteiger partial charge on any atom is 0.256 e. The first-order valence-electron chi connectivity index (χ1n) is 11.2. The molecule has 0 radical (unpaired) electrons. The highest BCUT2D eigenvalue weighted by Gasteiger charge is 2.43. The summed E-state index contributed by atoms with van der Waals surface area (Å²) < 4.78 is 10.5. The summed E-state index contributed by atoms with van der Waals surface area (Å²) in [4.78, 5) is 35.6. The summed E-state index contributed by atoms with van der Waals surface area (Å²) in [5.41, 5.74) is 4.01. The lowest BCUT2D eigenvalue weighted by Gasteiger charge is -2.18. The molecule has 2 aromatic carbocycles. The summed E-state index contributed by atoms with van der Waals surface area (Å²) >= 11 is 0. The molecular weight excluding hydrogens is 448 g/mol. The molecule has 10 nitrogen and oxygen atoms in total. The van der Waals surface area contributed by atoms with Gasteiger partial charge in [-0.25, -0.2) is 4.98 Å². The van der Waals surface area contributed by atoms with Crippen LogP contribution in [0.4, 0.5) is 11.4 Å². The van der Waals surface area contributed by atoms with Crippen molar-refractivity contribution in [3.05, 3.63) is 47.7 Å². The maximum absolute atomic E-state index is 13.0. The average Bonchev–Trinajstić information content (AvgIpc) is 3.53. The normalized spacial score (nSPS) is 14.3. The third-order valence-corrected chi connectivity index (χ3v) is 6.39. The van der Waals surface area contributed by atoms with E-state index >= 15 is 0 Å². The van der Waals surface area contributed by atoms with E-state index in [1.165, 1.54) is 14.2 Å². The largest absolute Gasteiger partial charge is 0.497 e. The third kappa shape index (κ3) is 3.58. The van der Waals surface area contributed by atoms with Crippen LogP contribution >= 0.6 is 0 Å². The molecule has 0 bridgehead atoms. The number of nitrogens with one attached hydrogen (secondary N) is 3. The van der Waals surface area contributed by atoms with Crippen molar-refractivity contribution in [2.24, 2.45) is 0 Å². The molecule has 0 saturated heterocycles. The number of H-pyrrole nitrogens is 2. The van der Waals surface area contributed by atoms with Crippen molar-refractivity contribution >= 4 is 34.2 Å². The third-order valence-electron chi connectivity index (χ3n) is 6.39. The van der Waals surface area contributed by atoms with Crippen LogP contribution in [-0.4, -0.2) is 52.7 Å². The van der Waals surface area contributed by atoms with Gasteiger partial charge in [-0.05, 0) is 50.6 Å². The number of anilines is 2. The van der Waals surface area contributed by atoms with Crippen LogP contribution in [0.15, 0.2) is 36.5 Å². The molecule has 0 unspecified atom stereocenters. The maximum atomic E-state index is 13.0. The highest BCUT2D eigenvalue weighted by Crippen LogP contribution is 2.43. The molecule has 35 heavy (non-hydrogen) atoms. The number of ether oxygens (including phenoxy) is 2. The molecule has 0 spiro atoms. The number of imidazole rings is 1. The van der Waals surface area contributed by atoms with Crippen LogP contribution in [0.25, 0.3) is 22.6 Å². The second kappa shape index (κ2) is 8.15. The number of carbonyl (C=O) groups is 2. The van der Waals surface area contributed by atoms with E-state index in [0.717, 1.165) is 16.8 Å². The van der Waals surface area contributed by atoms with E-state index in [4.69, 9.17) is 14.5 Å². The number of likely N-dealkylation sites (N-methyl/N-ethyl adjacent to an activating group) is 1. The summed E-state index contributed by atoms with van der Waals surface area (Å²) in [7, 11) is 3.05. The fraction of sp³-hybridized carbons (Fsp3) is 0.280. The molecule has 10 heteroatoms. The van der Waals surface area contributed by atoms with Crippen LogP contribution in [0, 0.1) is 0 Å². The number of aromatic amines is 2. The van der Waals surface area contributed by atoms with Crippen molar-refractivity contribution in [2.75, 3.05) is 31.0 Å². The summed E-state index contributed by atoms with van der Waals surface area (Å²) in [5.74, 6) is 1.24. The summed E-state index contributed by atoms with van der Waals surface area (Å²) in [6.07, 6.45) is 1.60. The zero-order chi connectivity index (χ0) is 24.9. The minimum atomic E-state index is -0.617. The van der Waals surface area contributed by atoms with Gasteiger partial charge in [-0.1, -0.05) is 0 Å². The minimum Gasteiger partial charge on any atom is -0.497 e. The van der Waals surface area contributed by atoms with E-state index in [9.17, 15) is 9.59 Å². The van der Waals surface area contributed by atoms with Crippen molar-refractivity contribution in [3.8, 4) is 23.0 Å². The summed E-state index contributed by atoms with van der Waals surface area (Å²) in [6.45, 7) is 6.41. The van der Waals surface area contributed by atoms with Gasteiger partial charge in [-0.15, -0.1) is 0 Å². The number of carbonyl (C=O) groups excluding carboxylic acids is 2. The Kier molecular flexibility index (Phi) is 5.23. The Morgan fingerprint density at radius 1 is 1.11 bits per heavy atom. The van der Waals surface area contributed by atoms with Crippen LogP contribution in [0.5, 0.6) is 11.5 Å². The molecule has 2 aromatic heterocycles. The van der Waals surface area contributed by atoms with Gasteiger partial charge >= 0.3 is 0 Å². The van der Waals surface area contributed by atoms with Crippen LogP contribution < -0.4 is 19.7 Å². The van der Waals surface area contributed by atoms with Gasteiger partial charge in [0.2, 0.25) is 5.91 Å². The zero-order valence-corrected chi connectivity index (χ0v) is 20.1. The average molecular weight is 475 g/mol. The Bertz CT molecular complexity index is 1450. The van der Waals surface area contributed by atoms with Crippen LogP contribution in [-0.2, 0) is 10.2 Å². The molecule has 0 fully saturated rings. The first kappa shape index (κ1) is 22.5. The van der Waals surface area contributed by atoms with Gasteiger partial charge in [0.15, 0.2) is 11.5 Å². The Morgan fingerprint density at radius 3 is 2.49 bits per heavy atom. The fourth-order valence-electron chi connectivity index (χ4n) is 4.46. The number of hydrogen-bond donors (Lipinski definition) is 3. The Balaban J connectivity index is 1.49. The van der Waals surface area contributed by atoms with Crippen molar-refractivity contribution in [2.45, 2.75) is 26.2 Å². The Labute approximate surface area is 201 Å². The van der Waals surface area contributed by atoms with Crippen molar-refractivity contribution < 1.29 is 19.1 Å². The summed E-state index contributed by atoms with van der Waals surface area (Å²) in [5, 5.41) is 9.97. The van der Waals surface area contributed by atoms with Gasteiger partial charge in [0.05, 0.1) is 42.0 Å². The fourth-order valence-corrected chi connectivity index (χ4v) is 4.46. The van der Waals surface area contributed by atoms with E-state index in [0.29, 0.717) is 46.3 Å². The molecule has 1 aliphatic heterocycles. The quantitative estimate of drug-likeness (QED) is 0.390. The predicted molar refractivity (Wildman–Crippen MR) is 132 cm³/mol. The monoisotopic (exact) mass is 474 g/mol. The van der Waals surface area contributed by atoms with Crippen molar-refractivity contribution in [3.63, 3.8) is 0 Å². The van der Waals surface area contributed by atoms with Crippen molar-refractivity contribution in [1.29, 1.82) is 0 Å². The lowest BCUT2D eigenvalue weighted by Crippen LogP contribution is -2.35. The molecule has 0 aliphatic carbocycles. The lowest BCUT2D eigenvalue weighted by molar-refractivity contribution is -0.122. The summed E-state index contributed by atoms with van der Waals surface area (Å²) in [6, 6.07) is 8.85. The number of aromatic nitrogens is 4. The van der Waals surface area contributed by atoms with E-state index in [1.807, 2.05) is 32.9 Å². The lowest BCUT2D eigenvalue weighted by atomic mass is 9.86. The van der Waals surface area contributed by atoms with E-state index in [-0.39, 0.29) is 11.8 Å². The van der Waals surface area contributed by atoms with Gasteiger partial charge in [0.1, 0.15) is 11.5 Å². The van der Waals surface area contributed by atoms with Crippen LogP contribution in [0.2, 0.25) is 0 Å². The number of methoxy groups -OCH3 is 2. The molecule has 180 valence electrons. The molecule has 1 aliphatic rings. The topological polar surface area (TPSA) is 125 Å². The van der Waals surface area contributed by atoms with Gasteiger partial charge in [-0.3, -0.25) is 14.7 Å². The molecule has 4 aromatic rings. The SMILES string of the molecule is CCN1C(=O)C(C)(C)c2cc3[nH]c(-c4n[nH]cc4NC(=O)c4cc(OC)cc(OC)c4)nc3cc21. The minimum absolute atomic E-state index is 0.0781. The molecule has 2 amide bonds. The predicted octanol–water partition coefficient (Wildman–Crippen LogP) is 3.87. The molecule has 5 rings (SSSR count). The van der Waals surface area contributed by atoms with Gasteiger partial charge in [0.25, 0.3) is 5.91 Å². The number of rotatable bonds is 6. The first-order valence-corrected chi connectivity index (χ1v) is 11.2. The van der Waals surface area contributed by atoms with E-state index in [1.54, 1.807) is 29.3 Å². The number of hydrogen-bond acceptors (Lipinski definition) is 6. The van der Waals surface area contributed by atoms with E-state index < -0.39 is 5.41 Å².